The smallest absolute Gasteiger partial charge is 0.230 e. The van der Waals surface area contributed by atoms with Crippen LogP contribution in [-0.4, -0.2) is 23.1 Å². The minimum atomic E-state index is -0.184. The van der Waals surface area contributed by atoms with Crippen LogP contribution in [0, 0.1) is 5.92 Å². The maximum absolute atomic E-state index is 12.7. The Labute approximate surface area is 141 Å². The van der Waals surface area contributed by atoms with Crippen LogP contribution in [0.2, 0.25) is 0 Å². The molecule has 1 heterocycles. The molecule has 0 spiro atoms. The van der Waals surface area contributed by atoms with Crippen molar-refractivity contribution in [2.24, 2.45) is 5.92 Å². The number of carbonyl (C=O) groups is 2. The molecule has 0 aromatic heterocycles. The predicted octanol–water partition coefficient (Wildman–Crippen LogP) is 4.37. The van der Waals surface area contributed by atoms with E-state index in [1.165, 1.54) is 0 Å². The number of anilines is 1. The predicted molar refractivity (Wildman–Crippen MR) is 93.9 cm³/mol. The molecule has 0 saturated carbocycles. The van der Waals surface area contributed by atoms with Crippen molar-refractivity contribution in [1.29, 1.82) is 0 Å². The third kappa shape index (κ3) is 3.43. The standard InChI is InChI=1S/C18H24BrNO2/c1-4-13(5-2)18(22)20-10-6-7-14-11-15(8-9-16(14)20)17(21)12(3)19/h8-9,11-13H,4-7,10H2,1-3H3. The number of hydrogen-bond donors (Lipinski definition) is 0. The van der Waals surface area contributed by atoms with Crippen LogP contribution in [0.1, 0.15) is 56.0 Å². The van der Waals surface area contributed by atoms with E-state index < -0.39 is 0 Å². The number of amides is 1. The Balaban J connectivity index is 2.32. The number of Topliss-reactive ketones (excluding diaryl/α,β-unsaturated/α-hetero) is 1. The summed E-state index contributed by atoms with van der Waals surface area (Å²) in [5.41, 5.74) is 2.83. The Bertz CT molecular complexity index is 564. The van der Waals surface area contributed by atoms with Crippen molar-refractivity contribution >= 4 is 33.3 Å². The Kier molecular flexibility index (Phi) is 5.79. The molecule has 0 aliphatic carbocycles. The Morgan fingerprint density at radius 1 is 1.27 bits per heavy atom. The Morgan fingerprint density at radius 2 is 1.95 bits per heavy atom. The number of hydrogen-bond acceptors (Lipinski definition) is 2. The van der Waals surface area contributed by atoms with Gasteiger partial charge in [0.2, 0.25) is 5.91 Å². The lowest BCUT2D eigenvalue weighted by molar-refractivity contribution is -0.122. The zero-order chi connectivity index (χ0) is 16.3. The zero-order valence-corrected chi connectivity index (χ0v) is 15.1. The van der Waals surface area contributed by atoms with Crippen LogP contribution in [0.5, 0.6) is 0 Å². The first-order chi connectivity index (χ1) is 10.5. The molecule has 0 radical (unpaired) electrons. The van der Waals surface area contributed by atoms with Gasteiger partial charge in [-0.3, -0.25) is 9.59 Å². The minimum absolute atomic E-state index is 0.0891. The molecule has 120 valence electrons. The lowest BCUT2D eigenvalue weighted by Crippen LogP contribution is -2.39. The average molecular weight is 366 g/mol. The van der Waals surface area contributed by atoms with Crippen LogP contribution in [-0.2, 0) is 11.2 Å². The molecular formula is C18H24BrNO2. The quantitative estimate of drug-likeness (QED) is 0.573. The number of carbonyl (C=O) groups excluding carboxylic acids is 2. The monoisotopic (exact) mass is 365 g/mol. The molecule has 1 aliphatic heterocycles. The van der Waals surface area contributed by atoms with Gasteiger partial charge in [-0.15, -0.1) is 0 Å². The van der Waals surface area contributed by atoms with Gasteiger partial charge in [-0.05, 0) is 56.4 Å². The normalized spacial score (nSPS) is 15.6. The molecule has 2 rings (SSSR count). The van der Waals surface area contributed by atoms with Crippen LogP contribution < -0.4 is 4.90 Å². The van der Waals surface area contributed by atoms with E-state index in [1.807, 2.05) is 30.0 Å². The summed E-state index contributed by atoms with van der Waals surface area (Å²) in [5.74, 6) is 0.403. The van der Waals surface area contributed by atoms with Gasteiger partial charge in [-0.25, -0.2) is 0 Å². The molecule has 1 atom stereocenters. The molecule has 1 aromatic rings. The maximum Gasteiger partial charge on any atom is 0.230 e. The number of rotatable bonds is 5. The van der Waals surface area contributed by atoms with E-state index in [1.54, 1.807) is 0 Å². The summed E-state index contributed by atoms with van der Waals surface area (Å²) in [4.78, 5) is 26.6. The number of alkyl halides is 1. The van der Waals surface area contributed by atoms with Gasteiger partial charge in [0, 0.05) is 23.7 Å². The molecule has 3 nitrogen and oxygen atoms in total. The molecule has 22 heavy (non-hydrogen) atoms. The molecule has 1 amide bonds. The van der Waals surface area contributed by atoms with E-state index in [0.717, 1.165) is 49.0 Å². The van der Waals surface area contributed by atoms with E-state index >= 15 is 0 Å². The number of nitrogens with zero attached hydrogens (tertiary/aromatic N) is 1. The van der Waals surface area contributed by atoms with Crippen LogP contribution in [0.4, 0.5) is 5.69 Å². The van der Waals surface area contributed by atoms with Crippen LogP contribution >= 0.6 is 15.9 Å². The fraction of sp³-hybridized carbons (Fsp3) is 0.556. The highest BCUT2D eigenvalue weighted by molar-refractivity contribution is 9.10. The molecule has 0 fully saturated rings. The Hall–Kier alpha value is -1.16. The average Bonchev–Trinajstić information content (AvgIpc) is 2.53. The Morgan fingerprint density at radius 3 is 2.55 bits per heavy atom. The molecule has 1 aromatic carbocycles. The van der Waals surface area contributed by atoms with Gasteiger partial charge >= 0.3 is 0 Å². The molecule has 4 heteroatoms. The summed E-state index contributed by atoms with van der Waals surface area (Å²) in [5, 5.41) is 0. The molecule has 1 aliphatic rings. The number of ketones is 1. The van der Waals surface area contributed by atoms with Gasteiger partial charge in [0.25, 0.3) is 0 Å². The fourth-order valence-corrected chi connectivity index (χ4v) is 3.33. The van der Waals surface area contributed by atoms with Crippen molar-refractivity contribution in [3.63, 3.8) is 0 Å². The lowest BCUT2D eigenvalue weighted by atomic mass is 9.94. The summed E-state index contributed by atoms with van der Waals surface area (Å²) in [6.07, 6.45) is 3.64. The largest absolute Gasteiger partial charge is 0.312 e. The van der Waals surface area contributed by atoms with Crippen molar-refractivity contribution < 1.29 is 9.59 Å². The number of aryl methyl sites for hydroxylation is 1. The zero-order valence-electron chi connectivity index (χ0n) is 13.6. The van der Waals surface area contributed by atoms with E-state index in [4.69, 9.17) is 0 Å². The number of fused-ring (bicyclic) bond motifs is 1. The van der Waals surface area contributed by atoms with Crippen molar-refractivity contribution in [3.05, 3.63) is 29.3 Å². The lowest BCUT2D eigenvalue weighted by Gasteiger charge is -2.32. The van der Waals surface area contributed by atoms with Crippen LogP contribution in [0.25, 0.3) is 0 Å². The van der Waals surface area contributed by atoms with Crippen LogP contribution in [0.15, 0.2) is 18.2 Å². The molecule has 0 saturated heterocycles. The van der Waals surface area contributed by atoms with E-state index in [-0.39, 0.29) is 22.4 Å². The molecule has 1 unspecified atom stereocenters. The van der Waals surface area contributed by atoms with Crippen molar-refractivity contribution in [2.75, 3.05) is 11.4 Å². The van der Waals surface area contributed by atoms with E-state index in [9.17, 15) is 9.59 Å². The number of halogens is 1. The first-order valence-corrected chi connectivity index (χ1v) is 9.03. The van der Waals surface area contributed by atoms with Crippen molar-refractivity contribution in [1.82, 2.24) is 0 Å². The van der Waals surface area contributed by atoms with Gasteiger partial charge < -0.3 is 4.90 Å². The summed E-state index contributed by atoms with van der Waals surface area (Å²) in [7, 11) is 0. The minimum Gasteiger partial charge on any atom is -0.312 e. The summed E-state index contributed by atoms with van der Waals surface area (Å²) < 4.78 is 0. The molecule has 0 bridgehead atoms. The van der Waals surface area contributed by atoms with E-state index in [0.29, 0.717) is 0 Å². The summed E-state index contributed by atoms with van der Waals surface area (Å²) in [6.45, 7) is 6.75. The second-order valence-electron chi connectivity index (χ2n) is 5.93. The molecule has 0 N–H and O–H groups in total. The summed E-state index contributed by atoms with van der Waals surface area (Å²) in [6, 6.07) is 5.75. The highest BCUT2D eigenvalue weighted by Crippen LogP contribution is 2.30. The van der Waals surface area contributed by atoms with Crippen molar-refractivity contribution in [3.8, 4) is 0 Å². The van der Waals surface area contributed by atoms with Gasteiger partial charge in [0.15, 0.2) is 5.78 Å². The van der Waals surface area contributed by atoms with Gasteiger partial charge in [0.1, 0.15) is 0 Å². The maximum atomic E-state index is 12.7. The topological polar surface area (TPSA) is 37.4 Å². The van der Waals surface area contributed by atoms with Crippen molar-refractivity contribution in [2.45, 2.75) is 51.3 Å². The van der Waals surface area contributed by atoms with E-state index in [2.05, 4.69) is 29.8 Å². The first-order valence-electron chi connectivity index (χ1n) is 8.12. The van der Waals surface area contributed by atoms with Gasteiger partial charge in [-0.2, -0.15) is 0 Å². The van der Waals surface area contributed by atoms with Gasteiger partial charge in [-0.1, -0.05) is 29.8 Å². The fourth-order valence-electron chi connectivity index (χ4n) is 3.07. The number of benzene rings is 1. The third-order valence-electron chi connectivity index (χ3n) is 4.44. The van der Waals surface area contributed by atoms with Gasteiger partial charge in [0.05, 0.1) is 4.83 Å². The molecular weight excluding hydrogens is 342 g/mol. The first kappa shape index (κ1) is 17.2. The van der Waals surface area contributed by atoms with Crippen LogP contribution in [0.3, 0.4) is 0 Å². The SMILES string of the molecule is CCC(CC)C(=O)N1CCCc2cc(C(=O)C(C)Br)ccc21. The third-order valence-corrected chi connectivity index (χ3v) is 4.86. The second kappa shape index (κ2) is 7.40. The highest BCUT2D eigenvalue weighted by Gasteiger charge is 2.27. The highest BCUT2D eigenvalue weighted by atomic mass is 79.9. The second-order valence-corrected chi connectivity index (χ2v) is 7.30. The summed E-state index contributed by atoms with van der Waals surface area (Å²) >= 11 is 3.33.